The molecule has 2 N–H and O–H groups in total. The van der Waals surface area contributed by atoms with Gasteiger partial charge < -0.3 is 8.85 Å². The quantitative estimate of drug-likeness (QED) is 0.319. The van der Waals surface area contributed by atoms with E-state index in [4.69, 9.17) is 4.31 Å². The first-order valence-electron chi connectivity index (χ1n) is 7.41. The van der Waals surface area contributed by atoms with Gasteiger partial charge in [0.2, 0.25) is 11.8 Å². The second-order valence-corrected chi connectivity index (χ2v) is 9.08. The average molecular weight is 493 g/mol. The van der Waals surface area contributed by atoms with Crippen LogP contribution in [0.4, 0.5) is 5.69 Å². The fourth-order valence-corrected chi connectivity index (χ4v) is 4.19. The lowest BCUT2D eigenvalue weighted by Gasteiger charge is -2.06. The third-order valence-electron chi connectivity index (χ3n) is 2.89. The Morgan fingerprint density at radius 2 is 1.91 bits per heavy atom. The normalized spacial score (nSPS) is 10.9. The lowest BCUT2D eigenvalue weighted by Crippen LogP contribution is -2.14. The van der Waals surface area contributed by atoms with Crippen LogP contribution in [0.15, 0.2) is 38.9 Å². The molecule has 0 aliphatic rings. The number of allylic oxidation sites excluding steroid dienone is 1. The zero-order valence-electron chi connectivity index (χ0n) is 13.1. The Bertz CT molecular complexity index is 635. The van der Waals surface area contributed by atoms with Gasteiger partial charge in [0.05, 0.1) is 0 Å². The van der Waals surface area contributed by atoms with Crippen LogP contribution in [-0.2, 0) is 9.59 Å². The summed E-state index contributed by atoms with van der Waals surface area (Å²) in [6, 6.07) is 7.50. The van der Waals surface area contributed by atoms with Crippen molar-refractivity contribution >= 4 is 52.8 Å². The minimum Gasteiger partial charge on any atom is -0.326 e. The summed E-state index contributed by atoms with van der Waals surface area (Å²) in [6.45, 7) is 1.89. The van der Waals surface area contributed by atoms with Crippen molar-refractivity contribution in [1.29, 1.82) is 0 Å². The van der Waals surface area contributed by atoms with E-state index in [1.165, 1.54) is 0 Å². The summed E-state index contributed by atoms with van der Waals surface area (Å²) in [4.78, 5) is 23.4. The van der Waals surface area contributed by atoms with Gasteiger partial charge in [-0.2, -0.15) is 0 Å². The molecule has 0 aliphatic heterocycles. The highest BCUT2D eigenvalue weighted by Gasteiger charge is 2.04. The molecule has 0 spiro atoms. The summed E-state index contributed by atoms with van der Waals surface area (Å²) in [5.41, 5.74) is 0.785. The van der Waals surface area contributed by atoms with Crippen LogP contribution in [0.25, 0.3) is 0 Å². The molecule has 4 nitrogen and oxygen atoms in total. The molecule has 0 aromatic heterocycles. The molecule has 126 valence electrons. The maximum Gasteiger partial charge on any atom is 0.228 e. The van der Waals surface area contributed by atoms with Crippen LogP contribution < -0.4 is 8.85 Å². The molecular formula is C17H22BrIN2O2. The van der Waals surface area contributed by atoms with E-state index in [1.54, 1.807) is 0 Å². The minimum absolute atomic E-state index is 0.00369. The number of hydrogen-bond acceptors (Lipinski definition) is 2. The van der Waals surface area contributed by atoms with E-state index in [1.807, 2.05) is 41.3 Å². The summed E-state index contributed by atoms with van der Waals surface area (Å²) < 4.78 is 11.5. The van der Waals surface area contributed by atoms with Gasteiger partial charge in [-0.25, -0.2) is 0 Å². The fraction of sp³-hybridized carbons (Fsp3) is 0.353. The van der Waals surface area contributed by atoms with Gasteiger partial charge in [0.15, 0.2) is 0 Å². The first-order valence-corrected chi connectivity index (χ1v) is 11.8. The number of amides is 2. The van der Waals surface area contributed by atoms with Gasteiger partial charge in [0.25, 0.3) is 0 Å². The predicted molar refractivity (Wildman–Crippen MR) is 108 cm³/mol. The Labute approximate surface area is 153 Å². The van der Waals surface area contributed by atoms with E-state index < -0.39 is 19.4 Å². The maximum absolute atomic E-state index is 11.8. The van der Waals surface area contributed by atoms with E-state index in [0.717, 1.165) is 29.4 Å². The molecule has 0 atom stereocenters. The molecule has 1 rings (SSSR count). The molecule has 23 heavy (non-hydrogen) atoms. The molecule has 0 heterocycles. The Morgan fingerprint density at radius 1 is 1.22 bits per heavy atom. The van der Waals surface area contributed by atoms with Crippen molar-refractivity contribution in [1.82, 2.24) is 3.53 Å². The van der Waals surface area contributed by atoms with E-state index in [0.29, 0.717) is 12.8 Å². The molecule has 1 aromatic rings. The number of nitrogens with one attached hydrogen (secondary N) is 2. The first kappa shape index (κ1) is 19.9. The van der Waals surface area contributed by atoms with Gasteiger partial charge in [-0.1, -0.05) is 34.5 Å². The largest absolute Gasteiger partial charge is 0.326 e. The number of halogens is 2. The van der Waals surface area contributed by atoms with Crippen molar-refractivity contribution in [2.75, 3.05) is 5.32 Å². The Balaban J connectivity index is 2.14. The summed E-state index contributed by atoms with van der Waals surface area (Å²) in [6.07, 6.45) is 5.19. The lowest BCUT2D eigenvalue weighted by atomic mass is 10.1. The summed E-state index contributed by atoms with van der Waals surface area (Å²) in [5.74, 6) is 0.00500. The van der Waals surface area contributed by atoms with Crippen LogP contribution >= 0.6 is 35.3 Å². The third kappa shape index (κ3) is 9.58. The van der Waals surface area contributed by atoms with E-state index in [-0.39, 0.29) is 11.8 Å². The summed E-state index contributed by atoms with van der Waals surface area (Å²) >= 11 is 1.47. The maximum atomic E-state index is 11.8. The Kier molecular flexibility index (Phi) is 9.91. The molecule has 0 bridgehead atoms. The molecule has 0 radical (unpaired) electrons. The second kappa shape index (κ2) is 11.4. The molecule has 2 amide bonds. The molecule has 0 saturated carbocycles. The van der Waals surface area contributed by atoms with Crippen LogP contribution in [0.1, 0.15) is 39.0 Å². The third-order valence-corrected chi connectivity index (χ3v) is 6.10. The van der Waals surface area contributed by atoms with Gasteiger partial charge in [0.1, 0.15) is 0 Å². The fourth-order valence-electron chi connectivity index (χ4n) is 1.87. The van der Waals surface area contributed by atoms with Crippen molar-refractivity contribution in [3.8, 4) is 4.31 Å². The van der Waals surface area contributed by atoms with Gasteiger partial charge in [-0.05, 0) is 61.5 Å². The van der Waals surface area contributed by atoms with Crippen LogP contribution in [0.3, 0.4) is 0 Å². The first-order chi connectivity index (χ1) is 11.0. The van der Waals surface area contributed by atoms with Crippen molar-refractivity contribution < 1.29 is 9.59 Å². The molecule has 0 saturated heterocycles. The molecular weight excluding hydrogens is 471 g/mol. The molecule has 1 aromatic carbocycles. The Morgan fingerprint density at radius 3 is 2.57 bits per heavy atom. The van der Waals surface area contributed by atoms with Crippen LogP contribution in [-0.4, -0.2) is 11.8 Å². The van der Waals surface area contributed by atoms with Gasteiger partial charge in [-0.3, -0.25) is 9.59 Å². The number of carbonyl (C=O) groups excluding carboxylic acids is 2. The lowest BCUT2D eigenvalue weighted by molar-refractivity contribution is -0.119. The smallest absolute Gasteiger partial charge is 0.228 e. The zero-order valence-corrected chi connectivity index (χ0v) is 16.9. The predicted octanol–water partition coefficient (Wildman–Crippen LogP) is 5.00. The molecule has 6 heteroatoms. The van der Waals surface area contributed by atoms with Crippen molar-refractivity contribution in [2.24, 2.45) is 0 Å². The average Bonchev–Trinajstić information content (AvgIpc) is 2.47. The van der Waals surface area contributed by atoms with E-state index in [9.17, 15) is 9.59 Å². The molecule has 0 unspecified atom stereocenters. The van der Waals surface area contributed by atoms with Crippen molar-refractivity contribution in [2.45, 2.75) is 39.0 Å². The number of rotatable bonds is 7. The van der Waals surface area contributed by atoms with Gasteiger partial charge >= 0.3 is 0 Å². The SMILES string of the molecule is C#I(/C=C\C)NC(=O)CCCCCC(=O)Nc1cccc(Br)c1. The van der Waals surface area contributed by atoms with Crippen LogP contribution in [0.2, 0.25) is 0 Å². The topological polar surface area (TPSA) is 58.2 Å². The molecule has 0 fully saturated rings. The highest BCUT2D eigenvalue weighted by atomic mass is 127. The van der Waals surface area contributed by atoms with Gasteiger partial charge in [0, 0.05) is 23.0 Å². The zero-order chi connectivity index (χ0) is 17.1. The second-order valence-electron chi connectivity index (χ2n) is 4.94. The van der Waals surface area contributed by atoms with Gasteiger partial charge in [-0.15, -0.1) is 4.31 Å². The van der Waals surface area contributed by atoms with Crippen molar-refractivity contribution in [3.05, 3.63) is 38.9 Å². The highest BCUT2D eigenvalue weighted by Crippen LogP contribution is 2.17. The standard InChI is InChI=1S/C17H22BrIN2O2/c1-3-12-19(2)21-17(23)11-6-4-5-10-16(22)20-15-9-7-8-14(18)13-15/h2-3,7-9,12-13H,4-6,10-11H2,1H3,(H,20,22)(H,21,23)/b12-3-. The highest BCUT2D eigenvalue weighted by molar-refractivity contribution is 14.2. The monoisotopic (exact) mass is 492 g/mol. The summed E-state index contributed by atoms with van der Waals surface area (Å²) in [5, 5.41) is 2.86. The number of hydrogen-bond donors (Lipinski definition) is 2. The van der Waals surface area contributed by atoms with Crippen LogP contribution in [0, 0.1) is 4.31 Å². The minimum atomic E-state index is -1.89. The number of benzene rings is 1. The number of unbranched alkanes of at least 4 members (excludes halogenated alkanes) is 2. The molecule has 0 aliphatic carbocycles. The Hall–Kier alpha value is -1.11. The van der Waals surface area contributed by atoms with E-state index in [2.05, 4.69) is 24.8 Å². The summed E-state index contributed by atoms with van der Waals surface area (Å²) in [7, 11) is 0. The van der Waals surface area contributed by atoms with E-state index >= 15 is 0 Å². The van der Waals surface area contributed by atoms with Crippen LogP contribution in [0.5, 0.6) is 0 Å². The van der Waals surface area contributed by atoms with Crippen molar-refractivity contribution in [3.63, 3.8) is 0 Å². The number of carbonyl (C=O) groups is 2. The number of anilines is 1.